The Morgan fingerprint density at radius 1 is 1.35 bits per heavy atom. The molecule has 0 aliphatic carbocycles. The number of ketones is 1. The maximum absolute atomic E-state index is 11.1. The molecule has 1 heterocycles. The molecular weight excluding hydrogens is 277 g/mol. The van der Waals surface area contributed by atoms with Crippen LogP contribution in [0.15, 0.2) is 23.6 Å². The summed E-state index contributed by atoms with van der Waals surface area (Å²) in [7, 11) is 0. The van der Waals surface area contributed by atoms with E-state index in [0.29, 0.717) is 22.2 Å². The summed E-state index contributed by atoms with van der Waals surface area (Å²) in [5.41, 5.74) is 1.55. The number of carbonyl (C=O) groups is 1. The van der Waals surface area contributed by atoms with Gasteiger partial charge in [0.1, 0.15) is 5.69 Å². The molecule has 88 valence electrons. The Morgan fingerprint density at radius 3 is 2.71 bits per heavy atom. The largest absolute Gasteiger partial charge is 0.293 e. The molecule has 0 radical (unpaired) electrons. The van der Waals surface area contributed by atoms with E-state index in [2.05, 4.69) is 4.98 Å². The first kappa shape index (κ1) is 12.6. The monoisotopic (exact) mass is 285 g/mol. The molecule has 0 saturated heterocycles. The Kier molecular flexibility index (Phi) is 3.82. The molecule has 0 aliphatic heterocycles. The van der Waals surface area contributed by atoms with Crippen LogP contribution in [0.5, 0.6) is 0 Å². The highest BCUT2D eigenvalue weighted by Gasteiger charge is 2.07. The van der Waals surface area contributed by atoms with E-state index in [1.54, 1.807) is 11.4 Å². The molecule has 1 aromatic heterocycles. The predicted molar refractivity (Wildman–Crippen MR) is 71.4 cm³/mol. The Balaban J connectivity index is 2.19. The summed E-state index contributed by atoms with van der Waals surface area (Å²) in [6.07, 6.45) is 0.662. The average Bonchev–Trinajstić information content (AvgIpc) is 2.72. The summed E-state index contributed by atoms with van der Waals surface area (Å²) >= 11 is 13.2. The van der Waals surface area contributed by atoms with Crippen LogP contribution in [0.25, 0.3) is 0 Å². The normalized spacial score (nSPS) is 10.5. The molecule has 2 rings (SSSR count). The lowest BCUT2D eigenvalue weighted by molar-refractivity contribution is 0.101. The zero-order valence-electron chi connectivity index (χ0n) is 9.04. The van der Waals surface area contributed by atoms with Crippen LogP contribution >= 0.6 is 34.5 Å². The first-order chi connectivity index (χ1) is 8.06. The van der Waals surface area contributed by atoms with Crippen molar-refractivity contribution < 1.29 is 4.79 Å². The van der Waals surface area contributed by atoms with Crippen molar-refractivity contribution in [2.45, 2.75) is 13.3 Å². The fraction of sp³-hybridized carbons (Fsp3) is 0.167. The summed E-state index contributed by atoms with van der Waals surface area (Å²) in [6, 6.07) is 5.49. The number of thiazole rings is 1. The number of carbonyl (C=O) groups excluding carboxylic acids is 1. The third kappa shape index (κ3) is 3.06. The molecule has 0 N–H and O–H groups in total. The van der Waals surface area contributed by atoms with Crippen LogP contribution in [0, 0.1) is 0 Å². The van der Waals surface area contributed by atoms with Crippen molar-refractivity contribution in [2.24, 2.45) is 0 Å². The summed E-state index contributed by atoms with van der Waals surface area (Å²) in [4.78, 5) is 15.4. The standard InChI is InChI=1S/C12H9Cl2NOS/c1-7(16)11-6-17-12(15-11)5-8-2-3-9(13)10(14)4-8/h2-4,6H,5H2,1H3. The van der Waals surface area contributed by atoms with Crippen LogP contribution in [0.2, 0.25) is 10.0 Å². The van der Waals surface area contributed by atoms with E-state index < -0.39 is 0 Å². The summed E-state index contributed by atoms with van der Waals surface area (Å²) < 4.78 is 0. The summed E-state index contributed by atoms with van der Waals surface area (Å²) in [5, 5.41) is 3.75. The van der Waals surface area contributed by atoms with Crippen LogP contribution in [-0.4, -0.2) is 10.8 Å². The van der Waals surface area contributed by atoms with E-state index >= 15 is 0 Å². The van der Waals surface area contributed by atoms with Gasteiger partial charge in [0.15, 0.2) is 5.78 Å². The van der Waals surface area contributed by atoms with Crippen LogP contribution in [0.4, 0.5) is 0 Å². The van der Waals surface area contributed by atoms with Gasteiger partial charge in [0.05, 0.1) is 15.1 Å². The average molecular weight is 286 g/mol. The molecule has 0 aliphatic rings. The van der Waals surface area contributed by atoms with Gasteiger partial charge in [-0.05, 0) is 17.7 Å². The molecule has 17 heavy (non-hydrogen) atoms. The zero-order chi connectivity index (χ0) is 12.4. The lowest BCUT2D eigenvalue weighted by atomic mass is 10.1. The van der Waals surface area contributed by atoms with Gasteiger partial charge in [0.2, 0.25) is 0 Å². The minimum Gasteiger partial charge on any atom is -0.293 e. The third-order valence-electron chi connectivity index (χ3n) is 2.25. The van der Waals surface area contributed by atoms with Gasteiger partial charge in [0.25, 0.3) is 0 Å². The number of nitrogens with zero attached hydrogens (tertiary/aromatic N) is 1. The Morgan fingerprint density at radius 2 is 2.12 bits per heavy atom. The van der Waals surface area contributed by atoms with Crippen LogP contribution in [0.1, 0.15) is 28.0 Å². The number of Topliss-reactive ketones (excluding diaryl/α,β-unsaturated/α-hetero) is 1. The van der Waals surface area contributed by atoms with E-state index in [1.807, 2.05) is 12.1 Å². The second-order valence-electron chi connectivity index (χ2n) is 3.61. The van der Waals surface area contributed by atoms with E-state index in [-0.39, 0.29) is 5.78 Å². The maximum atomic E-state index is 11.1. The van der Waals surface area contributed by atoms with E-state index in [0.717, 1.165) is 10.6 Å². The third-order valence-corrected chi connectivity index (χ3v) is 3.84. The first-order valence-corrected chi connectivity index (χ1v) is 6.59. The van der Waals surface area contributed by atoms with Gasteiger partial charge < -0.3 is 0 Å². The minimum absolute atomic E-state index is 0.0124. The van der Waals surface area contributed by atoms with Crippen LogP contribution in [0.3, 0.4) is 0 Å². The molecule has 2 nitrogen and oxygen atoms in total. The van der Waals surface area contributed by atoms with Crippen molar-refractivity contribution in [3.05, 3.63) is 49.9 Å². The van der Waals surface area contributed by atoms with Crippen molar-refractivity contribution in [1.82, 2.24) is 4.98 Å². The minimum atomic E-state index is -0.0124. The molecule has 0 unspecified atom stereocenters. The Bertz CT molecular complexity index is 565. The van der Waals surface area contributed by atoms with Gasteiger partial charge in [-0.25, -0.2) is 4.98 Å². The van der Waals surface area contributed by atoms with Gasteiger partial charge in [0, 0.05) is 18.7 Å². The van der Waals surface area contributed by atoms with Crippen molar-refractivity contribution in [2.75, 3.05) is 0 Å². The van der Waals surface area contributed by atoms with Crippen LogP contribution < -0.4 is 0 Å². The molecule has 0 bridgehead atoms. The number of halogens is 2. The molecule has 2 aromatic rings. The molecule has 1 aromatic carbocycles. The lowest BCUT2D eigenvalue weighted by Gasteiger charge is -2.00. The van der Waals surface area contributed by atoms with Gasteiger partial charge in [-0.15, -0.1) is 11.3 Å². The molecule has 0 amide bonds. The highest BCUT2D eigenvalue weighted by atomic mass is 35.5. The SMILES string of the molecule is CC(=O)c1csc(Cc2ccc(Cl)c(Cl)c2)n1. The fourth-order valence-electron chi connectivity index (χ4n) is 1.38. The molecular formula is C12H9Cl2NOS. The highest BCUT2D eigenvalue weighted by Crippen LogP contribution is 2.24. The highest BCUT2D eigenvalue weighted by molar-refractivity contribution is 7.09. The second-order valence-corrected chi connectivity index (χ2v) is 5.36. The van der Waals surface area contributed by atoms with Crippen molar-refractivity contribution in [3.8, 4) is 0 Å². The van der Waals surface area contributed by atoms with Crippen molar-refractivity contribution in [3.63, 3.8) is 0 Å². The summed E-state index contributed by atoms with van der Waals surface area (Å²) in [6.45, 7) is 1.51. The van der Waals surface area contributed by atoms with Gasteiger partial charge in [-0.3, -0.25) is 4.79 Å². The predicted octanol–water partition coefficient (Wildman–Crippen LogP) is 4.24. The van der Waals surface area contributed by atoms with E-state index in [1.165, 1.54) is 18.3 Å². The summed E-state index contributed by atoms with van der Waals surface area (Å²) in [5.74, 6) is -0.0124. The van der Waals surface area contributed by atoms with Crippen molar-refractivity contribution in [1.29, 1.82) is 0 Å². The van der Waals surface area contributed by atoms with Gasteiger partial charge in [-0.2, -0.15) is 0 Å². The number of aromatic nitrogens is 1. The first-order valence-electron chi connectivity index (χ1n) is 4.95. The fourth-order valence-corrected chi connectivity index (χ4v) is 2.57. The number of benzene rings is 1. The second kappa shape index (κ2) is 5.17. The molecule has 0 spiro atoms. The number of rotatable bonds is 3. The smallest absolute Gasteiger partial charge is 0.178 e. The van der Waals surface area contributed by atoms with Gasteiger partial charge >= 0.3 is 0 Å². The lowest BCUT2D eigenvalue weighted by Crippen LogP contribution is -1.93. The topological polar surface area (TPSA) is 30.0 Å². The maximum Gasteiger partial charge on any atom is 0.178 e. The quantitative estimate of drug-likeness (QED) is 0.790. The van der Waals surface area contributed by atoms with E-state index in [9.17, 15) is 4.79 Å². The molecule has 0 fully saturated rings. The Hall–Kier alpha value is -0.900. The molecule has 0 saturated carbocycles. The molecule has 5 heteroatoms. The van der Waals surface area contributed by atoms with Crippen molar-refractivity contribution >= 4 is 40.3 Å². The number of hydrogen-bond donors (Lipinski definition) is 0. The van der Waals surface area contributed by atoms with E-state index in [4.69, 9.17) is 23.2 Å². The van der Waals surface area contributed by atoms with Gasteiger partial charge in [-0.1, -0.05) is 29.3 Å². The zero-order valence-corrected chi connectivity index (χ0v) is 11.4. The number of hydrogen-bond acceptors (Lipinski definition) is 3. The Labute approximate surface area is 113 Å². The molecule has 0 atom stereocenters. The van der Waals surface area contributed by atoms with Crippen LogP contribution in [-0.2, 0) is 6.42 Å².